The van der Waals surface area contributed by atoms with Crippen LogP contribution in [0.4, 0.5) is 13.2 Å². The Labute approximate surface area is 114 Å². The average Bonchev–Trinajstić information content (AvgIpc) is 2.81. The number of amidine groups is 1. The van der Waals surface area contributed by atoms with Crippen LogP contribution >= 0.6 is 0 Å². The second-order valence-electron chi connectivity index (χ2n) is 4.12. The van der Waals surface area contributed by atoms with Gasteiger partial charge in [-0.15, -0.1) is 0 Å². The number of allylic oxidation sites excluding steroid dienone is 3. The molecule has 0 saturated carbocycles. The Hall–Kier alpha value is -2.37. The van der Waals surface area contributed by atoms with E-state index in [1.165, 1.54) is 0 Å². The van der Waals surface area contributed by atoms with E-state index in [4.69, 9.17) is 5.41 Å². The van der Waals surface area contributed by atoms with Gasteiger partial charge in [0.2, 0.25) is 0 Å². The molecule has 0 bridgehead atoms. The largest absolute Gasteiger partial charge is 0.431 e. The highest BCUT2D eigenvalue weighted by Crippen LogP contribution is 2.28. The average molecular weight is 279 g/mol. The van der Waals surface area contributed by atoms with Crippen molar-refractivity contribution in [2.75, 3.05) is 0 Å². The monoisotopic (exact) mass is 279 g/mol. The topological polar surface area (TPSA) is 48.2 Å². The number of alkyl halides is 3. The number of fused-ring (bicyclic) bond motifs is 1. The van der Waals surface area contributed by atoms with Crippen LogP contribution < -0.4 is 5.32 Å². The highest BCUT2D eigenvalue weighted by Gasteiger charge is 2.37. The van der Waals surface area contributed by atoms with Gasteiger partial charge in [-0.25, -0.2) is 0 Å². The molecule has 0 amide bonds. The molecule has 0 atom stereocenters. The van der Waals surface area contributed by atoms with E-state index in [1.54, 1.807) is 12.1 Å². The van der Waals surface area contributed by atoms with Gasteiger partial charge in [0.25, 0.3) is 0 Å². The van der Waals surface area contributed by atoms with Gasteiger partial charge in [-0.05, 0) is 5.56 Å². The molecule has 1 aromatic carbocycles. The predicted octanol–water partition coefficient (Wildman–Crippen LogP) is 3.19. The number of hydrogen-bond acceptors (Lipinski definition) is 3. The number of halogens is 3. The number of nitrogens with zero attached hydrogens (tertiary/aromatic N) is 1. The summed E-state index contributed by atoms with van der Waals surface area (Å²) in [5.41, 5.74) is 0.150. The molecule has 0 spiro atoms. The van der Waals surface area contributed by atoms with Crippen molar-refractivity contribution in [2.24, 2.45) is 4.99 Å². The molecule has 0 saturated heterocycles. The van der Waals surface area contributed by atoms with Crippen molar-refractivity contribution >= 4 is 12.1 Å². The molecule has 0 radical (unpaired) electrons. The summed E-state index contributed by atoms with van der Waals surface area (Å²) in [6.45, 7) is 3.64. The van der Waals surface area contributed by atoms with Gasteiger partial charge in [-0.3, -0.25) is 4.99 Å². The van der Waals surface area contributed by atoms with Crippen LogP contribution in [0.15, 0.2) is 53.2 Å². The molecule has 3 nitrogen and oxygen atoms in total. The molecule has 0 aromatic heterocycles. The fraction of sp³-hybridized carbons (Fsp3) is 0.143. The Bertz CT molecular complexity index is 602. The molecular weight excluding hydrogens is 267 g/mol. The normalized spacial score (nSPS) is 15.1. The zero-order valence-electron chi connectivity index (χ0n) is 10.5. The van der Waals surface area contributed by atoms with Gasteiger partial charge in [0.05, 0.1) is 6.54 Å². The Morgan fingerprint density at radius 2 is 2.05 bits per heavy atom. The Morgan fingerprint density at radius 1 is 1.35 bits per heavy atom. The minimum Gasteiger partial charge on any atom is -0.335 e. The lowest BCUT2D eigenvalue weighted by Crippen LogP contribution is -2.33. The van der Waals surface area contributed by atoms with Crippen LogP contribution in [0.1, 0.15) is 11.1 Å². The van der Waals surface area contributed by atoms with Crippen LogP contribution in [0.2, 0.25) is 0 Å². The van der Waals surface area contributed by atoms with Crippen molar-refractivity contribution in [3.05, 3.63) is 59.3 Å². The second-order valence-corrected chi connectivity index (χ2v) is 4.12. The summed E-state index contributed by atoms with van der Waals surface area (Å²) >= 11 is 0. The third-order valence-corrected chi connectivity index (χ3v) is 2.87. The lowest BCUT2D eigenvalue weighted by Gasteiger charge is -2.16. The van der Waals surface area contributed by atoms with Crippen LogP contribution in [0.25, 0.3) is 0 Å². The maximum absolute atomic E-state index is 13.0. The van der Waals surface area contributed by atoms with E-state index in [-0.39, 0.29) is 11.4 Å². The number of hydrogen-bond donors (Lipinski definition) is 2. The first kappa shape index (κ1) is 14.0. The second kappa shape index (κ2) is 5.32. The van der Waals surface area contributed by atoms with Gasteiger partial charge in [0.1, 0.15) is 11.5 Å². The molecular formula is C14H12F3N3. The van der Waals surface area contributed by atoms with E-state index in [1.807, 2.05) is 12.1 Å². The van der Waals surface area contributed by atoms with Gasteiger partial charge in [-0.1, -0.05) is 36.9 Å². The molecule has 6 heteroatoms. The summed E-state index contributed by atoms with van der Waals surface area (Å²) < 4.78 is 39.1. The Kier molecular flexibility index (Phi) is 3.74. The van der Waals surface area contributed by atoms with Gasteiger partial charge in [-0.2, -0.15) is 13.2 Å². The smallest absolute Gasteiger partial charge is 0.335 e. The highest BCUT2D eigenvalue weighted by molar-refractivity contribution is 6.03. The fourth-order valence-electron chi connectivity index (χ4n) is 1.90. The van der Waals surface area contributed by atoms with Crippen molar-refractivity contribution < 1.29 is 13.2 Å². The lowest BCUT2D eigenvalue weighted by atomic mass is 10.1. The first-order chi connectivity index (χ1) is 9.47. The molecule has 2 N–H and O–H groups in total. The third kappa shape index (κ3) is 2.64. The number of benzene rings is 1. The summed E-state index contributed by atoms with van der Waals surface area (Å²) in [5.74, 6) is 0.161. The molecule has 0 unspecified atom stereocenters. The maximum Gasteiger partial charge on any atom is 0.431 e. The predicted molar refractivity (Wildman–Crippen MR) is 71.9 cm³/mol. The zero-order chi connectivity index (χ0) is 14.8. The Morgan fingerprint density at radius 3 is 2.65 bits per heavy atom. The minimum atomic E-state index is -4.61. The number of aliphatic imine (C=N–C) groups is 1. The van der Waals surface area contributed by atoms with Gasteiger partial charge >= 0.3 is 6.18 Å². The van der Waals surface area contributed by atoms with E-state index in [0.717, 1.165) is 11.6 Å². The molecule has 2 rings (SSSR count). The lowest BCUT2D eigenvalue weighted by molar-refractivity contribution is -0.0951. The van der Waals surface area contributed by atoms with Gasteiger partial charge < -0.3 is 10.7 Å². The van der Waals surface area contributed by atoms with Crippen molar-refractivity contribution in [1.29, 1.82) is 5.41 Å². The minimum absolute atomic E-state index is 0.161. The van der Waals surface area contributed by atoms with E-state index in [2.05, 4.69) is 16.9 Å². The molecule has 0 fully saturated rings. The number of rotatable bonds is 3. The molecule has 20 heavy (non-hydrogen) atoms. The molecule has 104 valence electrons. The molecule has 0 aliphatic carbocycles. The van der Waals surface area contributed by atoms with Crippen LogP contribution in [-0.4, -0.2) is 18.2 Å². The van der Waals surface area contributed by atoms with Crippen molar-refractivity contribution in [2.45, 2.75) is 12.7 Å². The molecule has 1 aliphatic heterocycles. The van der Waals surface area contributed by atoms with Gasteiger partial charge in [0, 0.05) is 17.4 Å². The summed E-state index contributed by atoms with van der Waals surface area (Å²) in [4.78, 5) is 4.07. The van der Waals surface area contributed by atoms with Crippen molar-refractivity contribution in [1.82, 2.24) is 5.32 Å². The summed E-state index contributed by atoms with van der Waals surface area (Å²) in [6.07, 6.45) is -3.00. The van der Waals surface area contributed by atoms with Crippen LogP contribution in [0.3, 0.4) is 0 Å². The maximum atomic E-state index is 13.0. The SMILES string of the molecule is C=C/C(C=N)=C(/NC1=NCc2ccccc21)C(F)(F)F. The first-order valence-corrected chi connectivity index (χ1v) is 5.81. The van der Waals surface area contributed by atoms with Crippen LogP contribution in [0.5, 0.6) is 0 Å². The first-order valence-electron chi connectivity index (χ1n) is 5.81. The van der Waals surface area contributed by atoms with E-state index in [0.29, 0.717) is 18.3 Å². The van der Waals surface area contributed by atoms with E-state index < -0.39 is 11.9 Å². The van der Waals surface area contributed by atoms with Gasteiger partial charge in [0.15, 0.2) is 0 Å². The number of nitrogens with one attached hydrogen (secondary N) is 2. The highest BCUT2D eigenvalue weighted by atomic mass is 19.4. The van der Waals surface area contributed by atoms with E-state index >= 15 is 0 Å². The molecule has 1 aliphatic rings. The fourth-order valence-corrected chi connectivity index (χ4v) is 1.90. The zero-order valence-corrected chi connectivity index (χ0v) is 10.5. The van der Waals surface area contributed by atoms with E-state index in [9.17, 15) is 13.2 Å². The van der Waals surface area contributed by atoms with Crippen LogP contribution in [-0.2, 0) is 6.54 Å². The standard InChI is InChI=1S/C14H12F3N3/c1-2-9(7-18)12(14(15,16)17)20-13-11-6-4-3-5-10(11)8-19-13/h2-7,18H,1,8H2,(H,19,20)/b12-9-,18-7?. The summed E-state index contributed by atoms with van der Waals surface area (Å²) in [6, 6.07) is 7.07. The Balaban J connectivity index is 2.39. The quantitative estimate of drug-likeness (QED) is 0.648. The molecule has 1 aromatic rings. The van der Waals surface area contributed by atoms with Crippen molar-refractivity contribution in [3.63, 3.8) is 0 Å². The summed E-state index contributed by atoms with van der Waals surface area (Å²) in [5, 5.41) is 9.35. The molecule has 1 heterocycles. The third-order valence-electron chi connectivity index (χ3n) is 2.87. The van der Waals surface area contributed by atoms with Crippen LogP contribution in [0, 0.1) is 5.41 Å². The van der Waals surface area contributed by atoms with Crippen molar-refractivity contribution in [3.8, 4) is 0 Å². The summed E-state index contributed by atoms with van der Waals surface area (Å²) in [7, 11) is 0.